The molecule has 2 aliphatic rings. The molecule has 0 aliphatic carbocycles. The van der Waals surface area contributed by atoms with Crippen LogP contribution in [0.25, 0.3) is 16.8 Å². The summed E-state index contributed by atoms with van der Waals surface area (Å²) in [5, 5.41) is 11.4. The third kappa shape index (κ3) is 3.19. The van der Waals surface area contributed by atoms with Crippen molar-refractivity contribution in [2.24, 2.45) is 0 Å². The molecule has 1 N–H and O–H groups in total. The quantitative estimate of drug-likeness (QED) is 0.500. The number of nitrogens with zero attached hydrogens (tertiary/aromatic N) is 4. The Kier molecular flexibility index (Phi) is 4.49. The van der Waals surface area contributed by atoms with E-state index in [1.165, 1.54) is 18.6 Å². The Morgan fingerprint density at radius 2 is 1.97 bits per heavy atom. The number of rotatable bonds is 3. The van der Waals surface area contributed by atoms with Crippen molar-refractivity contribution in [3.05, 3.63) is 59.8 Å². The van der Waals surface area contributed by atoms with Gasteiger partial charge in [-0.05, 0) is 30.3 Å². The lowest BCUT2D eigenvalue weighted by atomic mass is 9.96. The molecule has 0 radical (unpaired) electrons. The molecule has 4 aromatic rings. The third-order valence-electron chi connectivity index (χ3n) is 5.78. The second kappa shape index (κ2) is 7.54. The summed E-state index contributed by atoms with van der Waals surface area (Å²) in [6.45, 7) is -2.25. The lowest BCUT2D eigenvalue weighted by Gasteiger charge is -2.17. The van der Waals surface area contributed by atoms with Gasteiger partial charge < -0.3 is 19.5 Å². The van der Waals surface area contributed by atoms with Gasteiger partial charge >= 0.3 is 6.61 Å². The molecule has 0 saturated heterocycles. The van der Waals surface area contributed by atoms with Gasteiger partial charge in [-0.1, -0.05) is 0 Å². The zero-order valence-electron chi connectivity index (χ0n) is 17.0. The van der Waals surface area contributed by atoms with E-state index in [9.17, 15) is 13.2 Å². The molecule has 11 heteroatoms. The molecule has 2 aliphatic heterocycles. The molecule has 0 unspecified atom stereocenters. The molecule has 168 valence electrons. The minimum Gasteiger partial charge on any atom is -0.493 e. The maximum Gasteiger partial charge on any atom is 0.388 e. The van der Waals surface area contributed by atoms with Crippen molar-refractivity contribution in [1.82, 2.24) is 19.6 Å². The van der Waals surface area contributed by atoms with E-state index < -0.39 is 6.61 Å². The number of anilines is 1. The summed E-state index contributed by atoms with van der Waals surface area (Å²) in [5.74, 6) is 0.849. The van der Waals surface area contributed by atoms with Crippen LogP contribution < -0.4 is 19.5 Å². The molecule has 0 spiro atoms. The van der Waals surface area contributed by atoms with Crippen LogP contribution in [0.1, 0.15) is 17.0 Å². The molecular formula is C22H16F3N5O3. The molecule has 0 amide bonds. The molecule has 5 heterocycles. The van der Waals surface area contributed by atoms with Gasteiger partial charge in [-0.3, -0.25) is 4.40 Å². The largest absolute Gasteiger partial charge is 0.493 e. The molecule has 3 aromatic heterocycles. The van der Waals surface area contributed by atoms with Crippen LogP contribution in [0.2, 0.25) is 0 Å². The summed E-state index contributed by atoms with van der Waals surface area (Å²) in [4.78, 5) is 3.94. The number of hydrogen-bond acceptors (Lipinski definition) is 7. The minimum atomic E-state index is -3.04. The average molecular weight is 455 g/mol. The van der Waals surface area contributed by atoms with Crippen LogP contribution in [0, 0.1) is 5.82 Å². The molecule has 33 heavy (non-hydrogen) atoms. The van der Waals surface area contributed by atoms with Gasteiger partial charge in [0, 0.05) is 35.0 Å². The van der Waals surface area contributed by atoms with E-state index in [0.29, 0.717) is 46.3 Å². The normalized spacial score (nSPS) is 16.7. The van der Waals surface area contributed by atoms with E-state index in [4.69, 9.17) is 9.47 Å². The number of ether oxygens (including phenoxy) is 3. The Morgan fingerprint density at radius 3 is 2.82 bits per heavy atom. The second-order valence-electron chi connectivity index (χ2n) is 7.64. The Balaban J connectivity index is 1.50. The number of fused-ring (bicyclic) bond motifs is 3. The van der Waals surface area contributed by atoms with Crippen LogP contribution in [0.4, 0.5) is 19.0 Å². The first kappa shape index (κ1) is 19.6. The summed E-state index contributed by atoms with van der Waals surface area (Å²) in [6, 6.07) is 7.90. The lowest BCUT2D eigenvalue weighted by molar-refractivity contribution is -0.0524. The van der Waals surface area contributed by atoms with E-state index >= 15 is 0 Å². The average Bonchev–Trinajstić information content (AvgIpc) is 3.45. The molecule has 8 nitrogen and oxygen atoms in total. The second-order valence-corrected chi connectivity index (χ2v) is 7.64. The van der Waals surface area contributed by atoms with E-state index in [2.05, 4.69) is 25.2 Å². The van der Waals surface area contributed by atoms with Crippen LogP contribution in [-0.2, 0) is 6.54 Å². The Morgan fingerprint density at radius 1 is 1.12 bits per heavy atom. The first-order chi connectivity index (χ1) is 16.1. The SMILES string of the molecule is Fc1ccc2c3c1CNc1c(cc(-c4cccnc4OC(F)F)c4nncn14)OC[C@H]3CO2. The Bertz CT molecular complexity index is 1380. The fraction of sp³-hybridized carbons (Fsp3) is 0.227. The van der Waals surface area contributed by atoms with Crippen LogP contribution >= 0.6 is 0 Å². The van der Waals surface area contributed by atoms with Crippen LogP contribution in [0.3, 0.4) is 0 Å². The molecule has 0 fully saturated rings. The topological polar surface area (TPSA) is 82.8 Å². The van der Waals surface area contributed by atoms with Crippen molar-refractivity contribution in [3.63, 3.8) is 0 Å². The highest BCUT2D eigenvalue weighted by Gasteiger charge is 2.32. The predicted octanol–water partition coefficient (Wildman–Crippen LogP) is 4.01. The molecular weight excluding hydrogens is 439 g/mol. The van der Waals surface area contributed by atoms with Crippen molar-refractivity contribution in [2.75, 3.05) is 18.5 Å². The first-order valence-corrected chi connectivity index (χ1v) is 10.2. The van der Waals surface area contributed by atoms with Gasteiger partial charge in [0.15, 0.2) is 17.2 Å². The summed E-state index contributed by atoms with van der Waals surface area (Å²) >= 11 is 0. The van der Waals surface area contributed by atoms with E-state index in [0.717, 1.165) is 5.56 Å². The zero-order valence-corrected chi connectivity index (χ0v) is 17.0. The zero-order chi connectivity index (χ0) is 22.5. The number of alkyl halides is 2. The van der Waals surface area contributed by atoms with Gasteiger partial charge in [0.25, 0.3) is 0 Å². The molecule has 1 atom stereocenters. The smallest absolute Gasteiger partial charge is 0.388 e. The fourth-order valence-electron chi connectivity index (χ4n) is 4.36. The molecule has 0 saturated carbocycles. The number of hydrogen-bond donors (Lipinski definition) is 1. The molecule has 6 rings (SSSR count). The maximum atomic E-state index is 14.7. The molecule has 0 bridgehead atoms. The standard InChI is InChI=1S/C22H16F3N5O3/c23-15-3-4-16-18-11(8-31-16)9-32-17-6-13(12-2-1-5-26-21(12)33-22(24)25)19-29-28-10-30(19)20(17)27-7-14(15)18/h1-6,10-11,22,27H,7-9H2/t11-/m1/s1. The van der Waals surface area contributed by atoms with Crippen molar-refractivity contribution in [2.45, 2.75) is 19.1 Å². The number of pyridine rings is 2. The van der Waals surface area contributed by atoms with E-state index in [-0.39, 0.29) is 30.8 Å². The maximum absolute atomic E-state index is 14.7. The summed E-state index contributed by atoms with van der Waals surface area (Å²) in [5.41, 5.74) is 2.43. The van der Waals surface area contributed by atoms with Gasteiger partial charge in [-0.15, -0.1) is 10.2 Å². The number of nitrogens with one attached hydrogen (secondary N) is 1. The first-order valence-electron chi connectivity index (χ1n) is 10.2. The highest BCUT2D eigenvalue weighted by molar-refractivity contribution is 5.84. The highest BCUT2D eigenvalue weighted by Crippen LogP contribution is 2.42. The summed E-state index contributed by atoms with van der Waals surface area (Å²) in [7, 11) is 0. The number of halogens is 3. The fourth-order valence-corrected chi connectivity index (χ4v) is 4.36. The van der Waals surface area contributed by atoms with Crippen LogP contribution in [0.5, 0.6) is 17.4 Å². The van der Waals surface area contributed by atoms with Crippen molar-refractivity contribution in [3.8, 4) is 28.5 Å². The van der Waals surface area contributed by atoms with Gasteiger partial charge in [0.1, 0.15) is 17.9 Å². The monoisotopic (exact) mass is 455 g/mol. The Labute approximate surface area is 184 Å². The van der Waals surface area contributed by atoms with Gasteiger partial charge in [-0.2, -0.15) is 8.78 Å². The Hall–Kier alpha value is -4.02. The summed E-state index contributed by atoms with van der Waals surface area (Å²) in [6.07, 6.45) is 2.83. The van der Waals surface area contributed by atoms with Crippen LogP contribution in [0.15, 0.2) is 42.9 Å². The van der Waals surface area contributed by atoms with Crippen molar-refractivity contribution >= 4 is 11.5 Å². The van der Waals surface area contributed by atoms with Gasteiger partial charge in [0.2, 0.25) is 5.88 Å². The minimum absolute atomic E-state index is 0.158. The predicted molar refractivity (Wildman–Crippen MR) is 110 cm³/mol. The lowest BCUT2D eigenvalue weighted by Crippen LogP contribution is -2.13. The molecule has 1 aromatic carbocycles. The summed E-state index contributed by atoms with van der Waals surface area (Å²) < 4.78 is 58.8. The van der Waals surface area contributed by atoms with E-state index in [1.54, 1.807) is 28.7 Å². The van der Waals surface area contributed by atoms with Gasteiger partial charge in [0.05, 0.1) is 19.1 Å². The number of aromatic nitrogens is 4. The van der Waals surface area contributed by atoms with Gasteiger partial charge in [-0.25, -0.2) is 9.37 Å². The van der Waals surface area contributed by atoms with Crippen LogP contribution in [-0.4, -0.2) is 39.4 Å². The van der Waals surface area contributed by atoms with Crippen molar-refractivity contribution < 1.29 is 27.4 Å². The van der Waals surface area contributed by atoms with E-state index in [1.807, 2.05) is 0 Å². The highest BCUT2D eigenvalue weighted by atomic mass is 19.3. The van der Waals surface area contributed by atoms with Crippen molar-refractivity contribution in [1.29, 1.82) is 0 Å². The number of benzene rings is 1. The third-order valence-corrected chi connectivity index (χ3v) is 5.78.